The third-order valence-corrected chi connectivity index (χ3v) is 4.59. The van der Waals surface area contributed by atoms with Crippen molar-refractivity contribution in [3.8, 4) is 0 Å². The normalized spacial score (nSPS) is 12.4. The monoisotopic (exact) mass is 350 g/mol. The summed E-state index contributed by atoms with van der Waals surface area (Å²) in [6.07, 6.45) is 8.36. The van der Waals surface area contributed by atoms with Crippen LogP contribution >= 0.6 is 0 Å². The van der Waals surface area contributed by atoms with Gasteiger partial charge in [-0.2, -0.15) is 5.10 Å². The Kier molecular flexibility index (Phi) is 6.52. The van der Waals surface area contributed by atoms with Crippen molar-refractivity contribution in [1.29, 1.82) is 0 Å². The zero-order valence-electron chi connectivity index (χ0n) is 15.2. The number of aromatic nitrogens is 3. The van der Waals surface area contributed by atoms with E-state index in [1.165, 1.54) is 11.1 Å². The molecular weight excluding hydrogens is 324 g/mol. The molecule has 1 atom stereocenters. The molecule has 0 saturated carbocycles. The van der Waals surface area contributed by atoms with E-state index in [1.807, 2.05) is 29.2 Å². The number of aliphatic hydroxyl groups excluding tert-OH is 1. The summed E-state index contributed by atoms with van der Waals surface area (Å²) in [5, 5.41) is 14.1. The smallest absolute Gasteiger partial charge is 0.0659 e. The van der Waals surface area contributed by atoms with Crippen molar-refractivity contribution in [2.24, 2.45) is 0 Å². The number of nitrogens with zero attached hydrogens (tertiary/aromatic N) is 4. The number of pyridine rings is 1. The van der Waals surface area contributed by atoms with E-state index in [-0.39, 0.29) is 12.6 Å². The van der Waals surface area contributed by atoms with Crippen LogP contribution in [0.4, 0.5) is 0 Å². The molecule has 0 aliphatic rings. The first-order valence-corrected chi connectivity index (χ1v) is 9.07. The molecule has 1 aromatic carbocycles. The van der Waals surface area contributed by atoms with E-state index in [4.69, 9.17) is 0 Å². The lowest BCUT2D eigenvalue weighted by molar-refractivity contribution is 0.106. The standard InChI is InChI=1S/C21H26N4O/c1-2-21(17-26)24(15-20-8-4-9-22-13-20)14-18-6-3-7-19(12-18)16-25-11-5-10-23-25/h3-13,21,26H,2,14-17H2,1H3/t21-/m0/s1. The molecule has 0 aliphatic heterocycles. The summed E-state index contributed by atoms with van der Waals surface area (Å²) in [6, 6.07) is 14.7. The molecule has 5 heteroatoms. The van der Waals surface area contributed by atoms with Crippen molar-refractivity contribution in [1.82, 2.24) is 19.7 Å². The fourth-order valence-corrected chi connectivity index (χ4v) is 3.18. The molecule has 2 heterocycles. The Morgan fingerprint density at radius 1 is 1.04 bits per heavy atom. The van der Waals surface area contributed by atoms with Gasteiger partial charge in [0, 0.05) is 43.9 Å². The molecule has 26 heavy (non-hydrogen) atoms. The molecule has 0 unspecified atom stereocenters. The fraction of sp³-hybridized carbons (Fsp3) is 0.333. The minimum atomic E-state index is 0.130. The second-order valence-electron chi connectivity index (χ2n) is 6.53. The van der Waals surface area contributed by atoms with Crippen molar-refractivity contribution >= 4 is 0 Å². The highest BCUT2D eigenvalue weighted by Gasteiger charge is 2.17. The van der Waals surface area contributed by atoms with Gasteiger partial charge in [0.25, 0.3) is 0 Å². The van der Waals surface area contributed by atoms with Crippen molar-refractivity contribution in [3.05, 3.63) is 83.9 Å². The minimum absolute atomic E-state index is 0.130. The van der Waals surface area contributed by atoms with Crippen molar-refractivity contribution in [2.45, 2.75) is 39.0 Å². The molecule has 5 nitrogen and oxygen atoms in total. The van der Waals surface area contributed by atoms with Gasteiger partial charge in [-0.15, -0.1) is 0 Å². The Morgan fingerprint density at radius 2 is 1.85 bits per heavy atom. The van der Waals surface area contributed by atoms with E-state index in [0.717, 1.165) is 31.6 Å². The Morgan fingerprint density at radius 3 is 2.54 bits per heavy atom. The van der Waals surface area contributed by atoms with Crippen LogP contribution in [0.25, 0.3) is 0 Å². The maximum atomic E-state index is 9.81. The molecule has 0 saturated heterocycles. The summed E-state index contributed by atoms with van der Waals surface area (Å²) in [5.41, 5.74) is 3.63. The number of hydrogen-bond donors (Lipinski definition) is 1. The van der Waals surface area contributed by atoms with Gasteiger partial charge in [-0.05, 0) is 35.2 Å². The van der Waals surface area contributed by atoms with Crippen LogP contribution in [0.3, 0.4) is 0 Å². The highest BCUT2D eigenvalue weighted by molar-refractivity contribution is 5.24. The lowest BCUT2D eigenvalue weighted by atomic mass is 10.1. The third kappa shape index (κ3) is 5.00. The summed E-state index contributed by atoms with van der Waals surface area (Å²) in [4.78, 5) is 6.54. The molecule has 0 aliphatic carbocycles. The van der Waals surface area contributed by atoms with Crippen LogP contribution in [0.15, 0.2) is 67.3 Å². The highest BCUT2D eigenvalue weighted by Crippen LogP contribution is 2.16. The van der Waals surface area contributed by atoms with Gasteiger partial charge < -0.3 is 5.11 Å². The first-order chi connectivity index (χ1) is 12.8. The summed E-state index contributed by atoms with van der Waals surface area (Å²) < 4.78 is 1.93. The van der Waals surface area contributed by atoms with E-state index in [0.29, 0.717) is 0 Å². The minimum Gasteiger partial charge on any atom is -0.395 e. The highest BCUT2D eigenvalue weighted by atomic mass is 16.3. The number of aliphatic hydroxyl groups is 1. The van der Waals surface area contributed by atoms with Crippen molar-refractivity contribution in [3.63, 3.8) is 0 Å². The molecular formula is C21H26N4O. The molecule has 0 spiro atoms. The molecule has 3 rings (SSSR count). The summed E-state index contributed by atoms with van der Waals surface area (Å²) >= 11 is 0. The van der Waals surface area contributed by atoms with Crippen molar-refractivity contribution < 1.29 is 5.11 Å². The van der Waals surface area contributed by atoms with E-state index < -0.39 is 0 Å². The predicted octanol–water partition coefficient (Wildman–Crippen LogP) is 3.10. The largest absolute Gasteiger partial charge is 0.395 e. The average Bonchev–Trinajstić information content (AvgIpc) is 3.17. The predicted molar refractivity (Wildman–Crippen MR) is 102 cm³/mol. The van der Waals surface area contributed by atoms with E-state index in [9.17, 15) is 5.11 Å². The van der Waals surface area contributed by atoms with Gasteiger partial charge in [0.1, 0.15) is 0 Å². The van der Waals surface area contributed by atoms with Gasteiger partial charge in [0.2, 0.25) is 0 Å². The van der Waals surface area contributed by atoms with Crippen LogP contribution in [-0.4, -0.2) is 37.4 Å². The van der Waals surface area contributed by atoms with Gasteiger partial charge >= 0.3 is 0 Å². The fourth-order valence-electron chi connectivity index (χ4n) is 3.18. The summed E-state index contributed by atoms with van der Waals surface area (Å²) in [6.45, 7) is 4.60. The molecule has 1 N–H and O–H groups in total. The second kappa shape index (κ2) is 9.27. The Labute approximate surface area is 154 Å². The SMILES string of the molecule is CC[C@@H](CO)N(Cc1cccnc1)Cc1cccc(Cn2cccn2)c1. The van der Waals surface area contributed by atoms with E-state index >= 15 is 0 Å². The molecule has 3 aromatic rings. The Hall–Kier alpha value is -2.50. The first-order valence-electron chi connectivity index (χ1n) is 9.07. The van der Waals surface area contributed by atoms with Gasteiger partial charge in [-0.1, -0.05) is 37.3 Å². The molecule has 0 fully saturated rings. The molecule has 0 bridgehead atoms. The van der Waals surface area contributed by atoms with E-state index in [1.54, 1.807) is 12.4 Å². The number of hydrogen-bond acceptors (Lipinski definition) is 4. The third-order valence-electron chi connectivity index (χ3n) is 4.59. The quantitative estimate of drug-likeness (QED) is 0.644. The topological polar surface area (TPSA) is 54.2 Å². The Balaban J connectivity index is 1.75. The maximum absolute atomic E-state index is 9.81. The molecule has 136 valence electrons. The molecule has 0 radical (unpaired) electrons. The van der Waals surface area contributed by atoms with Crippen LogP contribution in [-0.2, 0) is 19.6 Å². The van der Waals surface area contributed by atoms with Crippen molar-refractivity contribution in [2.75, 3.05) is 6.61 Å². The van der Waals surface area contributed by atoms with E-state index in [2.05, 4.69) is 52.2 Å². The van der Waals surface area contributed by atoms with Crippen LogP contribution in [0, 0.1) is 0 Å². The van der Waals surface area contributed by atoms with Gasteiger partial charge in [0.15, 0.2) is 0 Å². The maximum Gasteiger partial charge on any atom is 0.0659 e. The zero-order valence-corrected chi connectivity index (χ0v) is 15.2. The van der Waals surface area contributed by atoms with Gasteiger partial charge in [0.05, 0.1) is 13.2 Å². The number of rotatable bonds is 9. The average molecular weight is 350 g/mol. The van der Waals surface area contributed by atoms with Gasteiger partial charge in [-0.3, -0.25) is 14.6 Å². The van der Waals surface area contributed by atoms with Gasteiger partial charge in [-0.25, -0.2) is 0 Å². The lowest BCUT2D eigenvalue weighted by Crippen LogP contribution is -2.36. The summed E-state index contributed by atoms with van der Waals surface area (Å²) in [5.74, 6) is 0. The lowest BCUT2D eigenvalue weighted by Gasteiger charge is -2.30. The second-order valence-corrected chi connectivity index (χ2v) is 6.53. The zero-order chi connectivity index (χ0) is 18.2. The molecule has 0 amide bonds. The molecule has 2 aromatic heterocycles. The Bertz CT molecular complexity index is 770. The van der Waals surface area contributed by atoms with Crippen LogP contribution in [0.1, 0.15) is 30.0 Å². The summed E-state index contributed by atoms with van der Waals surface area (Å²) in [7, 11) is 0. The van der Waals surface area contributed by atoms with Crippen LogP contribution in [0.2, 0.25) is 0 Å². The van der Waals surface area contributed by atoms with Crippen LogP contribution < -0.4 is 0 Å². The number of benzene rings is 1. The van der Waals surface area contributed by atoms with Crippen LogP contribution in [0.5, 0.6) is 0 Å². The first kappa shape index (κ1) is 18.3.